The first kappa shape index (κ1) is 10.7. The van der Waals surface area contributed by atoms with Crippen molar-refractivity contribution in [2.75, 3.05) is 31.2 Å². The highest BCUT2D eigenvalue weighted by Gasteiger charge is 2.13. The Morgan fingerprint density at radius 2 is 2.19 bits per heavy atom. The number of morpholine rings is 1. The zero-order chi connectivity index (χ0) is 11.4. The molecule has 1 aliphatic rings. The van der Waals surface area contributed by atoms with Gasteiger partial charge in [0.25, 0.3) is 0 Å². The molecule has 0 aromatic carbocycles. The van der Waals surface area contributed by atoms with Crippen LogP contribution in [0.5, 0.6) is 0 Å². The molecule has 0 spiro atoms. The molecule has 1 fully saturated rings. The molecule has 6 heteroatoms. The van der Waals surface area contributed by atoms with E-state index in [-0.39, 0.29) is 5.84 Å². The van der Waals surface area contributed by atoms with Gasteiger partial charge in [0.15, 0.2) is 5.84 Å². The van der Waals surface area contributed by atoms with Crippen LogP contribution in [0.1, 0.15) is 5.69 Å². The monoisotopic (exact) mass is 222 g/mol. The minimum atomic E-state index is 0.0232. The maximum absolute atomic E-state index is 8.58. The Labute approximate surface area is 93.3 Å². The van der Waals surface area contributed by atoms with Crippen molar-refractivity contribution in [3.63, 3.8) is 0 Å². The lowest BCUT2D eigenvalue weighted by atomic mass is 10.3. The second-order valence-corrected chi connectivity index (χ2v) is 3.47. The molecule has 2 heterocycles. The molecule has 2 rings (SSSR count). The molecule has 0 atom stereocenters. The largest absolute Gasteiger partial charge is 0.409 e. The Bertz CT molecular complexity index is 388. The quantitative estimate of drug-likeness (QED) is 0.319. The summed E-state index contributed by atoms with van der Waals surface area (Å²) in [5.74, 6) is 0.850. The number of hydrogen-bond acceptors (Lipinski definition) is 5. The summed E-state index contributed by atoms with van der Waals surface area (Å²) in [5, 5.41) is 11.5. The number of anilines is 1. The lowest BCUT2D eigenvalue weighted by Gasteiger charge is -2.27. The summed E-state index contributed by atoms with van der Waals surface area (Å²) in [6.45, 7) is 3.03. The molecule has 3 N–H and O–H groups in total. The number of ether oxygens (including phenoxy) is 1. The van der Waals surface area contributed by atoms with Crippen LogP contribution < -0.4 is 10.6 Å². The third-order valence-corrected chi connectivity index (χ3v) is 2.44. The predicted molar refractivity (Wildman–Crippen MR) is 59.8 cm³/mol. The maximum atomic E-state index is 8.58. The van der Waals surface area contributed by atoms with Gasteiger partial charge in [0.1, 0.15) is 11.5 Å². The van der Waals surface area contributed by atoms with Crippen molar-refractivity contribution in [1.82, 2.24) is 4.98 Å². The van der Waals surface area contributed by atoms with Crippen molar-refractivity contribution in [3.8, 4) is 0 Å². The van der Waals surface area contributed by atoms with Gasteiger partial charge in [-0.05, 0) is 12.1 Å². The molecular weight excluding hydrogens is 208 g/mol. The Morgan fingerprint density at radius 3 is 2.88 bits per heavy atom. The van der Waals surface area contributed by atoms with E-state index in [0.29, 0.717) is 18.9 Å². The van der Waals surface area contributed by atoms with E-state index in [1.54, 1.807) is 6.07 Å². The van der Waals surface area contributed by atoms with E-state index in [2.05, 4.69) is 15.0 Å². The smallest absolute Gasteiger partial charge is 0.188 e. The highest BCUT2D eigenvalue weighted by atomic mass is 16.5. The summed E-state index contributed by atoms with van der Waals surface area (Å²) in [7, 11) is 0. The van der Waals surface area contributed by atoms with Crippen molar-refractivity contribution < 1.29 is 9.94 Å². The van der Waals surface area contributed by atoms with Gasteiger partial charge in [-0.2, -0.15) is 0 Å². The number of nitrogens with two attached hydrogens (primary N) is 1. The van der Waals surface area contributed by atoms with Crippen molar-refractivity contribution >= 4 is 11.7 Å². The number of nitrogens with zero attached hydrogens (tertiary/aromatic N) is 3. The molecule has 1 aliphatic heterocycles. The van der Waals surface area contributed by atoms with Gasteiger partial charge in [0.05, 0.1) is 13.2 Å². The summed E-state index contributed by atoms with van der Waals surface area (Å²) in [6, 6.07) is 5.45. The Balaban J connectivity index is 2.21. The molecule has 0 saturated carbocycles. The number of aromatic nitrogens is 1. The van der Waals surface area contributed by atoms with Crippen LogP contribution in [0.4, 0.5) is 5.82 Å². The third kappa shape index (κ3) is 2.22. The fourth-order valence-corrected chi connectivity index (χ4v) is 1.59. The molecule has 0 aliphatic carbocycles. The number of amidine groups is 1. The molecule has 0 radical (unpaired) electrons. The first-order valence-corrected chi connectivity index (χ1v) is 5.09. The Hall–Kier alpha value is -1.82. The molecule has 16 heavy (non-hydrogen) atoms. The van der Waals surface area contributed by atoms with E-state index < -0.39 is 0 Å². The molecule has 1 aromatic rings. The van der Waals surface area contributed by atoms with Crippen molar-refractivity contribution in [2.45, 2.75) is 0 Å². The number of hydrogen-bond donors (Lipinski definition) is 2. The van der Waals surface area contributed by atoms with Crippen LogP contribution in [0.25, 0.3) is 0 Å². The molecular formula is C10H14N4O2. The normalized spacial score (nSPS) is 17.5. The second-order valence-electron chi connectivity index (χ2n) is 3.47. The Morgan fingerprint density at radius 1 is 1.44 bits per heavy atom. The molecule has 6 nitrogen and oxygen atoms in total. The van der Waals surface area contributed by atoms with Crippen LogP contribution in [0.2, 0.25) is 0 Å². The zero-order valence-corrected chi connectivity index (χ0v) is 8.83. The maximum Gasteiger partial charge on any atom is 0.188 e. The highest BCUT2D eigenvalue weighted by molar-refractivity contribution is 5.95. The van der Waals surface area contributed by atoms with Gasteiger partial charge in [-0.3, -0.25) is 0 Å². The van der Waals surface area contributed by atoms with E-state index in [1.807, 2.05) is 12.1 Å². The summed E-state index contributed by atoms with van der Waals surface area (Å²) in [5.41, 5.74) is 5.97. The third-order valence-electron chi connectivity index (χ3n) is 2.44. The first-order valence-electron chi connectivity index (χ1n) is 5.09. The van der Waals surface area contributed by atoms with Gasteiger partial charge < -0.3 is 20.6 Å². The lowest BCUT2D eigenvalue weighted by molar-refractivity contribution is 0.122. The molecule has 0 amide bonds. The van der Waals surface area contributed by atoms with Crippen LogP contribution in [0, 0.1) is 0 Å². The molecule has 0 unspecified atom stereocenters. The van der Waals surface area contributed by atoms with Crippen LogP contribution >= 0.6 is 0 Å². The highest BCUT2D eigenvalue weighted by Crippen LogP contribution is 2.12. The minimum Gasteiger partial charge on any atom is -0.409 e. The predicted octanol–water partition coefficient (Wildman–Crippen LogP) is 0.0127. The van der Waals surface area contributed by atoms with Crippen molar-refractivity contribution in [1.29, 1.82) is 0 Å². The zero-order valence-electron chi connectivity index (χ0n) is 8.83. The average Bonchev–Trinajstić information content (AvgIpc) is 2.39. The summed E-state index contributed by atoms with van der Waals surface area (Å²) in [6.07, 6.45) is 0. The van der Waals surface area contributed by atoms with E-state index in [0.717, 1.165) is 18.9 Å². The van der Waals surface area contributed by atoms with Crippen molar-refractivity contribution in [3.05, 3.63) is 23.9 Å². The Kier molecular flexibility index (Phi) is 3.21. The number of rotatable bonds is 2. The average molecular weight is 222 g/mol. The molecule has 1 saturated heterocycles. The van der Waals surface area contributed by atoms with Gasteiger partial charge in [-0.15, -0.1) is 0 Å². The van der Waals surface area contributed by atoms with Crippen LogP contribution in [-0.2, 0) is 4.74 Å². The van der Waals surface area contributed by atoms with E-state index in [1.165, 1.54) is 0 Å². The molecule has 0 bridgehead atoms. The fraction of sp³-hybridized carbons (Fsp3) is 0.400. The SMILES string of the molecule is NC(=NO)c1cccc(N2CCOCC2)n1. The first-order chi connectivity index (χ1) is 7.81. The molecule has 1 aromatic heterocycles. The molecule has 86 valence electrons. The number of oxime groups is 1. The standard InChI is InChI=1S/C10H14N4O2/c11-10(13-15)8-2-1-3-9(12-8)14-4-6-16-7-5-14/h1-3,15H,4-7H2,(H2,11,13). The van der Waals surface area contributed by atoms with Crippen LogP contribution in [0.3, 0.4) is 0 Å². The lowest BCUT2D eigenvalue weighted by Crippen LogP contribution is -2.37. The summed E-state index contributed by atoms with van der Waals surface area (Å²) >= 11 is 0. The van der Waals surface area contributed by atoms with Crippen LogP contribution in [0.15, 0.2) is 23.4 Å². The minimum absolute atomic E-state index is 0.0232. The van der Waals surface area contributed by atoms with Gasteiger partial charge in [-0.1, -0.05) is 11.2 Å². The fourth-order valence-electron chi connectivity index (χ4n) is 1.59. The topological polar surface area (TPSA) is 84.0 Å². The van der Waals surface area contributed by atoms with Gasteiger partial charge in [0, 0.05) is 13.1 Å². The van der Waals surface area contributed by atoms with E-state index in [9.17, 15) is 0 Å². The van der Waals surface area contributed by atoms with Crippen molar-refractivity contribution in [2.24, 2.45) is 10.9 Å². The van der Waals surface area contributed by atoms with Gasteiger partial charge in [0.2, 0.25) is 0 Å². The van der Waals surface area contributed by atoms with Gasteiger partial charge in [-0.25, -0.2) is 4.98 Å². The second kappa shape index (κ2) is 4.80. The van der Waals surface area contributed by atoms with E-state index >= 15 is 0 Å². The summed E-state index contributed by atoms with van der Waals surface area (Å²) < 4.78 is 5.26. The summed E-state index contributed by atoms with van der Waals surface area (Å²) in [4.78, 5) is 6.43. The van der Waals surface area contributed by atoms with Crippen LogP contribution in [-0.4, -0.2) is 42.3 Å². The van der Waals surface area contributed by atoms with Gasteiger partial charge >= 0.3 is 0 Å². The van der Waals surface area contributed by atoms with E-state index in [4.69, 9.17) is 15.7 Å². The number of pyridine rings is 1.